The van der Waals surface area contributed by atoms with Crippen molar-refractivity contribution in [2.75, 3.05) is 7.11 Å². The molecule has 4 heteroatoms. The molecule has 4 aromatic rings. The fourth-order valence-electron chi connectivity index (χ4n) is 4.74. The number of hydrogen-bond acceptors (Lipinski definition) is 2. The van der Waals surface area contributed by atoms with Gasteiger partial charge in [0.05, 0.1) is 0 Å². The van der Waals surface area contributed by atoms with Gasteiger partial charge in [0, 0.05) is 0 Å². The molecule has 4 aromatic carbocycles. The summed E-state index contributed by atoms with van der Waals surface area (Å²) in [7, 11) is 1.64. The molecule has 0 aliphatic heterocycles. The van der Waals surface area contributed by atoms with Gasteiger partial charge in [0.1, 0.15) is 0 Å². The Morgan fingerprint density at radius 2 is 1.12 bits per heavy atom. The monoisotopic (exact) mass is 484 g/mol. The van der Waals surface area contributed by atoms with E-state index in [0.717, 1.165) is 11.3 Å². The predicted octanol–water partition coefficient (Wildman–Crippen LogP) is 3.96. The van der Waals surface area contributed by atoms with Crippen LogP contribution < -0.4 is 17.9 Å². The summed E-state index contributed by atoms with van der Waals surface area (Å²) in [5.74, 6) is -0.0244. The van der Waals surface area contributed by atoms with Crippen LogP contribution in [0.5, 0.6) is 5.75 Å². The third-order valence-electron chi connectivity index (χ3n) is 6.11. The second-order valence-electron chi connectivity index (χ2n) is 7.83. The van der Waals surface area contributed by atoms with Gasteiger partial charge in [-0.3, -0.25) is 0 Å². The fraction of sp³-hybridized carbons (Fsp3) is 0.107. The molecule has 0 heterocycles. The van der Waals surface area contributed by atoms with Crippen molar-refractivity contribution in [3.8, 4) is 5.75 Å². The molecule has 0 aliphatic carbocycles. The van der Waals surface area contributed by atoms with Crippen LogP contribution in [0.1, 0.15) is 16.7 Å². The zero-order valence-electron chi connectivity index (χ0n) is 18.0. The van der Waals surface area contributed by atoms with E-state index in [1.54, 1.807) is 7.11 Å². The van der Waals surface area contributed by atoms with Gasteiger partial charge >= 0.3 is 192 Å². The van der Waals surface area contributed by atoms with Crippen molar-refractivity contribution >= 4 is 32.4 Å². The molecular formula is C28H26GeO3. The quantitative estimate of drug-likeness (QED) is 0.386. The summed E-state index contributed by atoms with van der Waals surface area (Å²) < 4.78 is 8.93. The molecular weight excluding hydrogens is 457 g/mol. The van der Waals surface area contributed by atoms with Crippen LogP contribution in [0, 0.1) is 0 Å². The predicted molar refractivity (Wildman–Crippen MR) is 132 cm³/mol. The summed E-state index contributed by atoms with van der Waals surface area (Å²) in [5, 5.41) is 10.1. The Kier molecular flexibility index (Phi) is 6.76. The summed E-state index contributed by atoms with van der Waals surface area (Å²) in [4.78, 5) is 12.3. The van der Waals surface area contributed by atoms with Crippen LogP contribution in [-0.4, -0.2) is 31.5 Å². The number of benzene rings is 4. The third-order valence-corrected chi connectivity index (χ3v) is 17.3. The Bertz CT molecular complexity index is 1050. The Hall–Kier alpha value is -3.31. The SMILES string of the molecule is COc1ccc([CH](CC(=O)O)[Ge]([c]2ccccc2)([c]2ccccc2)[c]2ccccc2)cc1. The molecule has 0 amide bonds. The van der Waals surface area contributed by atoms with Crippen LogP contribution in [-0.2, 0) is 4.79 Å². The van der Waals surface area contributed by atoms with E-state index in [1.807, 2.05) is 42.5 Å². The summed E-state index contributed by atoms with van der Waals surface area (Å²) >= 11 is -3.54. The van der Waals surface area contributed by atoms with Gasteiger partial charge in [-0.2, -0.15) is 0 Å². The average molecular weight is 483 g/mol. The van der Waals surface area contributed by atoms with Crippen LogP contribution in [0.15, 0.2) is 115 Å². The standard InChI is InChI=1S/C28H26GeO3/c1-32-26-19-17-22(18-20-26)27(21-28(30)31)29(23-11-5-2-6-12-23,24-13-7-3-8-14-24)25-15-9-4-10-16-25/h2-20,27H,21H2,1H3,(H,30,31). The first-order valence-electron chi connectivity index (χ1n) is 10.7. The normalized spacial score (nSPS) is 12.2. The van der Waals surface area contributed by atoms with Gasteiger partial charge < -0.3 is 0 Å². The topological polar surface area (TPSA) is 46.5 Å². The van der Waals surface area contributed by atoms with Gasteiger partial charge in [0.25, 0.3) is 0 Å². The van der Waals surface area contributed by atoms with Crippen molar-refractivity contribution in [2.45, 2.75) is 11.2 Å². The van der Waals surface area contributed by atoms with Crippen molar-refractivity contribution in [3.05, 3.63) is 121 Å². The number of hydrogen-bond donors (Lipinski definition) is 1. The molecule has 0 saturated carbocycles. The molecule has 0 aromatic heterocycles. The molecule has 1 unspecified atom stereocenters. The van der Waals surface area contributed by atoms with E-state index in [9.17, 15) is 9.90 Å². The maximum absolute atomic E-state index is 12.3. The zero-order valence-corrected chi connectivity index (χ0v) is 20.1. The summed E-state index contributed by atoms with van der Waals surface area (Å²) in [6, 6.07) is 39.4. The van der Waals surface area contributed by atoms with Crippen LogP contribution in [0.2, 0.25) is 0 Å². The number of aliphatic carboxylic acids is 1. The second-order valence-corrected chi connectivity index (χ2v) is 16.3. The fourth-order valence-corrected chi connectivity index (χ4v) is 16.4. The molecule has 3 nitrogen and oxygen atoms in total. The summed E-state index contributed by atoms with van der Waals surface area (Å²) in [6.45, 7) is 0. The van der Waals surface area contributed by atoms with E-state index >= 15 is 0 Å². The Labute approximate surface area is 191 Å². The second kappa shape index (κ2) is 9.88. The minimum atomic E-state index is -3.54. The van der Waals surface area contributed by atoms with E-state index in [4.69, 9.17) is 4.74 Å². The van der Waals surface area contributed by atoms with Crippen LogP contribution in [0.4, 0.5) is 0 Å². The maximum atomic E-state index is 12.3. The van der Waals surface area contributed by atoms with Crippen LogP contribution >= 0.6 is 0 Å². The van der Waals surface area contributed by atoms with E-state index < -0.39 is 19.2 Å². The Morgan fingerprint density at radius 3 is 1.47 bits per heavy atom. The molecule has 0 saturated heterocycles. The zero-order chi connectivity index (χ0) is 22.4. The van der Waals surface area contributed by atoms with E-state index in [0.29, 0.717) is 0 Å². The van der Waals surface area contributed by atoms with Gasteiger partial charge in [0.2, 0.25) is 0 Å². The number of ether oxygens (including phenoxy) is 1. The number of methoxy groups -OCH3 is 1. The molecule has 160 valence electrons. The molecule has 0 radical (unpaired) electrons. The Morgan fingerprint density at radius 1 is 0.719 bits per heavy atom. The molecule has 0 fully saturated rings. The van der Waals surface area contributed by atoms with Crippen molar-refractivity contribution < 1.29 is 14.6 Å². The first-order valence-corrected chi connectivity index (χ1v) is 15.0. The van der Waals surface area contributed by atoms with E-state index in [1.165, 1.54) is 13.2 Å². The minimum absolute atomic E-state index is 0.0605. The first kappa shape index (κ1) is 21.9. The van der Waals surface area contributed by atoms with Crippen molar-refractivity contribution in [1.29, 1.82) is 0 Å². The first-order chi connectivity index (χ1) is 15.7. The number of carboxylic acid groups (broad SMARTS) is 1. The van der Waals surface area contributed by atoms with E-state index in [-0.39, 0.29) is 11.2 Å². The number of rotatable bonds is 8. The molecule has 1 N–H and O–H groups in total. The van der Waals surface area contributed by atoms with Crippen LogP contribution in [0.3, 0.4) is 0 Å². The molecule has 0 aliphatic rings. The molecule has 1 atom stereocenters. The van der Waals surface area contributed by atoms with Crippen LogP contribution in [0.25, 0.3) is 0 Å². The van der Waals surface area contributed by atoms with Crippen molar-refractivity contribution in [2.24, 2.45) is 0 Å². The van der Waals surface area contributed by atoms with Crippen molar-refractivity contribution in [1.82, 2.24) is 0 Å². The van der Waals surface area contributed by atoms with Gasteiger partial charge in [-0.15, -0.1) is 0 Å². The van der Waals surface area contributed by atoms with Crippen molar-refractivity contribution in [3.63, 3.8) is 0 Å². The number of carboxylic acids is 1. The molecule has 0 bridgehead atoms. The Balaban J connectivity index is 2.08. The van der Waals surface area contributed by atoms with Gasteiger partial charge in [-0.05, 0) is 0 Å². The average Bonchev–Trinajstić information content (AvgIpc) is 2.86. The van der Waals surface area contributed by atoms with E-state index in [2.05, 4.69) is 72.8 Å². The molecule has 32 heavy (non-hydrogen) atoms. The van der Waals surface area contributed by atoms with Gasteiger partial charge in [-0.1, -0.05) is 0 Å². The molecule has 0 spiro atoms. The third kappa shape index (κ3) is 4.21. The summed E-state index contributed by atoms with van der Waals surface area (Å²) in [6.07, 6.45) is 0.0605. The van der Waals surface area contributed by atoms with Gasteiger partial charge in [0.15, 0.2) is 0 Å². The van der Waals surface area contributed by atoms with Gasteiger partial charge in [-0.25, -0.2) is 0 Å². The number of carbonyl (C=O) groups is 1. The molecule has 4 rings (SSSR count). The summed E-state index contributed by atoms with van der Waals surface area (Å²) in [5.41, 5.74) is 1.03.